The van der Waals surface area contributed by atoms with E-state index < -0.39 is 0 Å². The number of hydrogen-bond donors (Lipinski definition) is 1. The number of nitrogens with zero attached hydrogens (tertiary/aromatic N) is 1. The molecule has 5 heteroatoms. The lowest BCUT2D eigenvalue weighted by atomic mass is 10.2. The average molecular weight is 301 g/mol. The van der Waals surface area contributed by atoms with Crippen molar-refractivity contribution in [2.75, 3.05) is 20.3 Å². The van der Waals surface area contributed by atoms with Crippen LogP contribution in [-0.2, 0) is 0 Å². The fraction of sp³-hybridized carbons (Fsp3) is 0.235. The van der Waals surface area contributed by atoms with E-state index in [1.165, 1.54) is 6.21 Å². The van der Waals surface area contributed by atoms with Crippen molar-refractivity contribution in [3.05, 3.63) is 53.6 Å². The second-order valence-corrected chi connectivity index (χ2v) is 4.64. The first-order chi connectivity index (χ1) is 10.7. The molecule has 0 aromatic heterocycles. The summed E-state index contributed by atoms with van der Waals surface area (Å²) in [5.41, 5.74) is 1.78. The molecule has 0 fully saturated rings. The van der Waals surface area contributed by atoms with Crippen molar-refractivity contribution < 1.29 is 19.4 Å². The van der Waals surface area contributed by atoms with Gasteiger partial charge in [0.25, 0.3) is 0 Å². The topological polar surface area (TPSA) is 60.3 Å². The quantitative estimate of drug-likeness (QED) is 0.369. The summed E-state index contributed by atoms with van der Waals surface area (Å²) in [5, 5.41) is 11.7. The van der Waals surface area contributed by atoms with Crippen molar-refractivity contribution in [1.82, 2.24) is 0 Å². The van der Waals surface area contributed by atoms with E-state index >= 15 is 0 Å². The largest absolute Gasteiger partial charge is 0.493 e. The van der Waals surface area contributed by atoms with E-state index in [2.05, 4.69) is 5.16 Å². The second-order valence-electron chi connectivity index (χ2n) is 4.64. The lowest BCUT2D eigenvalue weighted by molar-refractivity contribution is 0.211. The minimum atomic E-state index is 0.348. The van der Waals surface area contributed by atoms with E-state index in [0.717, 1.165) is 11.3 Å². The van der Waals surface area contributed by atoms with Gasteiger partial charge in [-0.15, -0.1) is 0 Å². The highest BCUT2D eigenvalue weighted by molar-refractivity contribution is 5.84. The molecule has 0 saturated carbocycles. The van der Waals surface area contributed by atoms with Gasteiger partial charge >= 0.3 is 0 Å². The Morgan fingerprint density at radius 3 is 2.59 bits per heavy atom. The number of oxime groups is 1. The lowest BCUT2D eigenvalue weighted by Gasteiger charge is -2.13. The number of ether oxygens (including phenoxy) is 3. The molecule has 0 amide bonds. The van der Waals surface area contributed by atoms with Crippen LogP contribution in [0.5, 0.6) is 17.2 Å². The Balaban J connectivity index is 1.96. The Kier molecular flexibility index (Phi) is 5.65. The number of rotatable bonds is 7. The van der Waals surface area contributed by atoms with Crippen LogP contribution in [0.3, 0.4) is 0 Å². The summed E-state index contributed by atoms with van der Waals surface area (Å²) < 4.78 is 16.6. The van der Waals surface area contributed by atoms with Crippen molar-refractivity contribution in [1.29, 1.82) is 0 Å². The Morgan fingerprint density at radius 2 is 1.86 bits per heavy atom. The highest BCUT2D eigenvalue weighted by Gasteiger charge is 2.09. The molecule has 0 spiro atoms. The first-order valence-electron chi connectivity index (χ1n) is 6.91. The molecule has 0 aliphatic carbocycles. The monoisotopic (exact) mass is 301 g/mol. The molecule has 116 valence electrons. The molecule has 0 heterocycles. The third kappa shape index (κ3) is 4.15. The summed E-state index contributed by atoms with van der Waals surface area (Å²) >= 11 is 0. The van der Waals surface area contributed by atoms with E-state index in [9.17, 15) is 0 Å². The van der Waals surface area contributed by atoms with Crippen molar-refractivity contribution in [3.63, 3.8) is 0 Å². The van der Waals surface area contributed by atoms with Gasteiger partial charge in [-0.2, -0.15) is 0 Å². The van der Waals surface area contributed by atoms with Crippen LogP contribution in [0.2, 0.25) is 0 Å². The molecular weight excluding hydrogens is 282 g/mol. The Morgan fingerprint density at radius 1 is 1.09 bits per heavy atom. The number of para-hydroxylation sites is 1. The van der Waals surface area contributed by atoms with Crippen molar-refractivity contribution in [3.8, 4) is 17.2 Å². The fourth-order valence-corrected chi connectivity index (χ4v) is 2.02. The molecule has 0 bridgehead atoms. The van der Waals surface area contributed by atoms with Gasteiger partial charge in [0.1, 0.15) is 19.0 Å². The van der Waals surface area contributed by atoms with Crippen LogP contribution in [0.25, 0.3) is 0 Å². The fourth-order valence-electron chi connectivity index (χ4n) is 2.02. The number of hydrogen-bond acceptors (Lipinski definition) is 5. The zero-order valence-corrected chi connectivity index (χ0v) is 12.7. The highest BCUT2D eigenvalue weighted by Crippen LogP contribution is 2.30. The minimum Gasteiger partial charge on any atom is -0.493 e. The van der Waals surface area contributed by atoms with Gasteiger partial charge in [0.2, 0.25) is 0 Å². The van der Waals surface area contributed by atoms with E-state index in [1.807, 2.05) is 31.2 Å². The van der Waals surface area contributed by atoms with Crippen LogP contribution in [-0.4, -0.2) is 31.7 Å². The van der Waals surface area contributed by atoms with Gasteiger partial charge in [-0.3, -0.25) is 0 Å². The van der Waals surface area contributed by atoms with E-state index in [4.69, 9.17) is 19.4 Å². The van der Waals surface area contributed by atoms with Gasteiger partial charge in [0.05, 0.1) is 13.3 Å². The summed E-state index contributed by atoms with van der Waals surface area (Å²) in [7, 11) is 1.56. The predicted octanol–water partition coefficient (Wildman–Crippen LogP) is 3.27. The zero-order valence-electron chi connectivity index (χ0n) is 12.7. The SMILES string of the molecule is COc1cccc(C=NO)c1OCCOc1cccc(C)c1. The molecule has 2 aromatic rings. The normalized spacial score (nSPS) is 10.6. The Hall–Kier alpha value is -2.69. The van der Waals surface area contributed by atoms with Gasteiger partial charge < -0.3 is 19.4 Å². The number of benzene rings is 2. The third-order valence-electron chi connectivity index (χ3n) is 3.01. The molecule has 2 rings (SSSR count). The van der Waals surface area contributed by atoms with Crippen molar-refractivity contribution >= 4 is 6.21 Å². The lowest BCUT2D eigenvalue weighted by Crippen LogP contribution is -2.10. The van der Waals surface area contributed by atoms with E-state index in [1.54, 1.807) is 25.3 Å². The summed E-state index contributed by atoms with van der Waals surface area (Å²) in [6.07, 6.45) is 1.30. The van der Waals surface area contributed by atoms with Gasteiger partial charge in [0, 0.05) is 5.56 Å². The second kappa shape index (κ2) is 7.93. The molecule has 0 radical (unpaired) electrons. The average Bonchev–Trinajstić information content (AvgIpc) is 2.53. The van der Waals surface area contributed by atoms with Crippen molar-refractivity contribution in [2.24, 2.45) is 5.16 Å². The van der Waals surface area contributed by atoms with Crippen LogP contribution in [0.15, 0.2) is 47.6 Å². The molecule has 0 saturated heterocycles. The maximum atomic E-state index is 8.70. The predicted molar refractivity (Wildman–Crippen MR) is 84.5 cm³/mol. The smallest absolute Gasteiger partial charge is 0.170 e. The Labute approximate surface area is 129 Å². The highest BCUT2D eigenvalue weighted by atomic mass is 16.5. The van der Waals surface area contributed by atoms with Crippen molar-refractivity contribution in [2.45, 2.75) is 6.92 Å². The summed E-state index contributed by atoms with van der Waals surface area (Å²) in [5.74, 6) is 1.91. The summed E-state index contributed by atoms with van der Waals surface area (Å²) in [6, 6.07) is 13.2. The first-order valence-corrected chi connectivity index (χ1v) is 6.91. The maximum Gasteiger partial charge on any atom is 0.170 e. The van der Waals surface area contributed by atoms with Crippen LogP contribution in [0, 0.1) is 6.92 Å². The zero-order chi connectivity index (χ0) is 15.8. The van der Waals surface area contributed by atoms with E-state index in [0.29, 0.717) is 30.3 Å². The molecule has 22 heavy (non-hydrogen) atoms. The maximum absolute atomic E-state index is 8.70. The van der Waals surface area contributed by atoms with E-state index in [-0.39, 0.29) is 0 Å². The van der Waals surface area contributed by atoms with Gasteiger partial charge in [-0.1, -0.05) is 23.4 Å². The van der Waals surface area contributed by atoms with Gasteiger partial charge in [0.15, 0.2) is 11.5 Å². The molecular formula is C17H19NO4. The Bertz CT molecular complexity index is 640. The van der Waals surface area contributed by atoms with Crippen LogP contribution >= 0.6 is 0 Å². The summed E-state index contributed by atoms with van der Waals surface area (Å²) in [4.78, 5) is 0. The number of methoxy groups -OCH3 is 1. The molecule has 5 nitrogen and oxygen atoms in total. The molecule has 0 aliphatic rings. The standard InChI is InChI=1S/C17H19NO4/c1-13-5-3-7-15(11-13)21-9-10-22-17-14(12-18-19)6-4-8-16(17)20-2/h3-8,11-12,19H,9-10H2,1-2H3. The van der Waals surface area contributed by atoms with Crippen LogP contribution < -0.4 is 14.2 Å². The van der Waals surface area contributed by atoms with Crippen LogP contribution in [0.1, 0.15) is 11.1 Å². The molecule has 0 aliphatic heterocycles. The first kappa shape index (κ1) is 15.7. The van der Waals surface area contributed by atoms with Gasteiger partial charge in [-0.05, 0) is 36.8 Å². The van der Waals surface area contributed by atoms with Gasteiger partial charge in [-0.25, -0.2) is 0 Å². The molecule has 0 unspecified atom stereocenters. The summed E-state index contributed by atoms with van der Waals surface area (Å²) in [6.45, 7) is 2.76. The minimum absolute atomic E-state index is 0.348. The van der Waals surface area contributed by atoms with Crippen LogP contribution in [0.4, 0.5) is 0 Å². The third-order valence-corrected chi connectivity index (χ3v) is 3.01. The number of aryl methyl sites for hydroxylation is 1. The molecule has 1 N–H and O–H groups in total. The molecule has 0 atom stereocenters. The molecule has 2 aromatic carbocycles.